The zero-order valence-corrected chi connectivity index (χ0v) is 45.5. The Hall–Kier alpha value is -8.46. The summed E-state index contributed by atoms with van der Waals surface area (Å²) < 4.78 is 0. The molecular formula is C53H77N13O14. The van der Waals surface area contributed by atoms with E-state index in [1.807, 2.05) is 0 Å². The van der Waals surface area contributed by atoms with Gasteiger partial charge in [-0.05, 0) is 80.7 Å². The lowest BCUT2D eigenvalue weighted by atomic mass is 9.99. The monoisotopic (exact) mass is 1120 g/mol. The average Bonchev–Trinajstić information content (AvgIpc) is 3.92. The van der Waals surface area contributed by atoms with E-state index in [9.17, 15) is 63.0 Å². The van der Waals surface area contributed by atoms with E-state index in [1.54, 1.807) is 58.0 Å². The van der Waals surface area contributed by atoms with Gasteiger partial charge in [-0.2, -0.15) is 0 Å². The van der Waals surface area contributed by atoms with Crippen LogP contribution in [0.4, 0.5) is 0 Å². The highest BCUT2D eigenvalue weighted by Crippen LogP contribution is 2.15. The molecule has 0 unspecified atom stereocenters. The SMILES string of the molecule is CC(C)C[C@H](NC(=O)[C@@H](NC(=O)[C@H](CCCCN)NC(=O)[C@H](Cc1ccc(O)cc1)NC(=O)[C@H](CCC(=O)O)NC(=O)[C@H](C)N)C(C)C)C(=O)NCC(=O)N[C@@H](Cc1ccccc1)C(=O)N[C@@H](Cc1cnc[nH]1)C(=O)NCC(=O)O. The fourth-order valence-electron chi connectivity index (χ4n) is 7.96. The Bertz CT molecular complexity index is 2550. The summed E-state index contributed by atoms with van der Waals surface area (Å²) in [7, 11) is 0. The Morgan fingerprint density at radius 3 is 1.61 bits per heavy atom. The van der Waals surface area contributed by atoms with Crippen LogP contribution in [-0.4, -0.2) is 158 Å². The van der Waals surface area contributed by atoms with Crippen LogP contribution in [0.15, 0.2) is 67.1 Å². The number of aromatic hydroxyl groups is 1. The van der Waals surface area contributed by atoms with Crippen molar-refractivity contribution in [3.63, 3.8) is 0 Å². The number of hydrogen-bond acceptors (Lipinski definition) is 15. The number of aliphatic carboxylic acids is 2. The number of hydrogen-bond donors (Lipinski definition) is 15. The number of carboxylic acid groups (broad SMARTS) is 2. The molecule has 0 aliphatic carbocycles. The predicted molar refractivity (Wildman–Crippen MR) is 289 cm³/mol. The van der Waals surface area contributed by atoms with Crippen molar-refractivity contribution < 1.29 is 68.1 Å². The van der Waals surface area contributed by atoms with Crippen LogP contribution in [-0.2, 0) is 72.0 Å². The van der Waals surface area contributed by atoms with Gasteiger partial charge < -0.3 is 79.6 Å². The van der Waals surface area contributed by atoms with Crippen molar-refractivity contribution in [3.8, 4) is 5.75 Å². The molecule has 0 aliphatic heterocycles. The van der Waals surface area contributed by atoms with E-state index in [4.69, 9.17) is 16.6 Å². The van der Waals surface area contributed by atoms with Crippen molar-refractivity contribution in [2.45, 2.75) is 141 Å². The van der Waals surface area contributed by atoms with Crippen LogP contribution in [0.25, 0.3) is 0 Å². The number of nitrogens with two attached hydrogens (primary N) is 2. The van der Waals surface area contributed by atoms with E-state index < -0.39 is 139 Å². The minimum Gasteiger partial charge on any atom is -0.508 e. The minimum atomic E-state index is -1.44. The minimum absolute atomic E-state index is 0.00889. The Kier molecular flexibility index (Phi) is 27.8. The number of nitrogens with zero attached hydrogens (tertiary/aromatic N) is 1. The summed E-state index contributed by atoms with van der Waals surface area (Å²) in [6.45, 7) is 7.03. The van der Waals surface area contributed by atoms with Crippen LogP contribution >= 0.6 is 0 Å². The first-order valence-corrected chi connectivity index (χ1v) is 26.2. The number of phenolic OH excluding ortho intramolecular Hbond substituents is 1. The third-order valence-corrected chi connectivity index (χ3v) is 12.3. The molecule has 0 saturated heterocycles. The van der Waals surface area contributed by atoms with Gasteiger partial charge in [0.15, 0.2) is 0 Å². The van der Waals surface area contributed by atoms with E-state index in [2.05, 4.69) is 57.8 Å². The summed E-state index contributed by atoms with van der Waals surface area (Å²) in [5.74, 6) is -10.9. The molecule has 0 radical (unpaired) electrons. The van der Waals surface area contributed by atoms with E-state index in [0.717, 1.165) is 0 Å². The summed E-state index contributed by atoms with van der Waals surface area (Å²) in [5.41, 5.74) is 13.0. The van der Waals surface area contributed by atoms with Gasteiger partial charge in [0.05, 0.1) is 18.9 Å². The van der Waals surface area contributed by atoms with Crippen molar-refractivity contribution in [3.05, 3.63) is 83.9 Å². The Labute approximate surface area is 463 Å². The second-order valence-electron chi connectivity index (χ2n) is 20.0. The molecule has 0 bridgehead atoms. The van der Waals surface area contributed by atoms with E-state index in [1.165, 1.54) is 43.7 Å². The molecular weight excluding hydrogens is 1040 g/mol. The second kappa shape index (κ2) is 33.7. The number of amides is 9. The molecule has 2 aromatic carbocycles. The summed E-state index contributed by atoms with van der Waals surface area (Å²) in [5, 5.41) is 51.3. The summed E-state index contributed by atoms with van der Waals surface area (Å²) in [4.78, 5) is 153. The molecule has 0 saturated carbocycles. The Morgan fingerprint density at radius 1 is 0.550 bits per heavy atom. The van der Waals surface area contributed by atoms with Crippen molar-refractivity contribution in [2.24, 2.45) is 23.3 Å². The number of phenols is 1. The van der Waals surface area contributed by atoms with Gasteiger partial charge in [0.1, 0.15) is 54.6 Å². The van der Waals surface area contributed by atoms with Crippen LogP contribution < -0.4 is 59.3 Å². The lowest BCUT2D eigenvalue weighted by Crippen LogP contribution is -2.60. The topological polar surface area (TPSA) is 437 Å². The largest absolute Gasteiger partial charge is 0.508 e. The molecule has 3 aromatic rings. The average molecular weight is 1120 g/mol. The molecule has 80 heavy (non-hydrogen) atoms. The van der Waals surface area contributed by atoms with Crippen molar-refractivity contribution in [1.29, 1.82) is 0 Å². The number of unbranched alkanes of at least 4 members (excludes halogenated alkanes) is 1. The number of nitrogens with one attached hydrogen (secondary N) is 10. The normalized spacial score (nSPS) is 14.1. The third-order valence-electron chi connectivity index (χ3n) is 12.3. The van der Waals surface area contributed by atoms with E-state index >= 15 is 0 Å². The molecule has 0 spiro atoms. The summed E-state index contributed by atoms with van der Waals surface area (Å²) in [6, 6.07) is 3.83. The standard InChI is InChI=1S/C53H77N13O14/c1-29(2)21-38(47(74)57-26-42(68)60-39(22-32-11-7-6-8-12-32)51(78)64-41(24-34-25-56-28-59-34)48(75)58-27-44(71)72)65-53(80)45(30(3)4)66-50(77)36(13-9-10-20-54)62-52(79)40(23-33-14-16-35(67)17-15-33)63-49(76)37(18-19-43(69)70)61-46(73)31(5)55/h6-8,11-12,14-17,25,28-31,36-41,45,67H,9-10,13,18-24,26-27,54-55H2,1-5H3,(H,56,59)(H,57,74)(H,58,75)(H,60,68)(H,61,73)(H,62,79)(H,63,76)(H,64,78)(H,65,80)(H,66,77)(H,69,70)(H,71,72)/t31-,36-,37-,38-,39-,40-,41-,45-/m0/s1. The molecule has 438 valence electrons. The highest BCUT2D eigenvalue weighted by molar-refractivity contribution is 5.98. The van der Waals surface area contributed by atoms with Gasteiger partial charge in [-0.3, -0.25) is 52.7 Å². The maximum Gasteiger partial charge on any atom is 0.322 e. The molecule has 8 atom stereocenters. The highest BCUT2D eigenvalue weighted by Gasteiger charge is 2.35. The Morgan fingerprint density at radius 2 is 1.06 bits per heavy atom. The van der Waals surface area contributed by atoms with Crippen LogP contribution in [0.2, 0.25) is 0 Å². The molecule has 3 rings (SSSR count). The number of H-pyrrole nitrogens is 1. The van der Waals surface area contributed by atoms with E-state index in [-0.39, 0.29) is 56.7 Å². The van der Waals surface area contributed by atoms with Gasteiger partial charge in [0, 0.05) is 37.6 Å². The molecule has 9 amide bonds. The highest BCUT2D eigenvalue weighted by atomic mass is 16.4. The number of rotatable bonds is 35. The first-order valence-electron chi connectivity index (χ1n) is 26.2. The summed E-state index contributed by atoms with van der Waals surface area (Å²) >= 11 is 0. The maximum atomic E-state index is 14.3. The fourth-order valence-corrected chi connectivity index (χ4v) is 7.96. The van der Waals surface area contributed by atoms with Crippen LogP contribution in [0.3, 0.4) is 0 Å². The predicted octanol–water partition coefficient (Wildman–Crippen LogP) is -2.10. The molecule has 1 aromatic heterocycles. The first kappa shape index (κ1) is 65.8. The van der Waals surface area contributed by atoms with Crippen molar-refractivity contribution >= 4 is 65.1 Å². The van der Waals surface area contributed by atoms with Crippen LogP contribution in [0.1, 0.15) is 90.0 Å². The summed E-state index contributed by atoms with van der Waals surface area (Å²) in [6.07, 6.45) is 2.34. The van der Waals surface area contributed by atoms with E-state index in [0.29, 0.717) is 29.7 Å². The number of benzene rings is 2. The van der Waals surface area contributed by atoms with Gasteiger partial charge in [-0.25, -0.2) is 4.98 Å². The lowest BCUT2D eigenvalue weighted by molar-refractivity contribution is -0.139. The van der Waals surface area contributed by atoms with Gasteiger partial charge in [0.2, 0.25) is 53.2 Å². The quantitative estimate of drug-likeness (QED) is 0.0281. The van der Waals surface area contributed by atoms with Gasteiger partial charge in [-0.15, -0.1) is 0 Å². The van der Waals surface area contributed by atoms with Crippen LogP contribution in [0.5, 0.6) is 5.75 Å². The first-order chi connectivity index (χ1) is 37.9. The number of aromatic nitrogens is 2. The van der Waals surface area contributed by atoms with Gasteiger partial charge >= 0.3 is 11.9 Å². The number of carbonyl (C=O) groups excluding carboxylic acids is 9. The van der Waals surface area contributed by atoms with Crippen molar-refractivity contribution in [2.75, 3.05) is 19.6 Å². The van der Waals surface area contributed by atoms with Gasteiger partial charge in [-0.1, -0.05) is 70.2 Å². The third kappa shape index (κ3) is 24.1. The number of imidazole rings is 1. The molecule has 27 nitrogen and oxygen atoms in total. The smallest absolute Gasteiger partial charge is 0.322 e. The Balaban J connectivity index is 1.82. The van der Waals surface area contributed by atoms with Gasteiger partial charge in [0.25, 0.3) is 0 Å². The fraction of sp³-hybridized carbons (Fsp3) is 0.509. The van der Waals surface area contributed by atoms with Crippen molar-refractivity contribution in [1.82, 2.24) is 57.8 Å². The molecule has 0 fully saturated rings. The maximum absolute atomic E-state index is 14.3. The molecule has 0 aliphatic rings. The van der Waals surface area contributed by atoms with Crippen LogP contribution in [0, 0.1) is 11.8 Å². The second-order valence-corrected chi connectivity index (χ2v) is 20.0. The number of carboxylic acids is 2. The molecule has 17 N–H and O–H groups in total. The number of aromatic amines is 1. The number of carbonyl (C=O) groups is 11. The molecule has 1 heterocycles. The molecule has 27 heteroatoms. The zero-order chi connectivity index (χ0) is 59.5. The zero-order valence-electron chi connectivity index (χ0n) is 45.5. The lowest BCUT2D eigenvalue weighted by Gasteiger charge is -2.29.